The molecule has 0 heterocycles. The molecule has 1 aromatic carbocycles. The average Bonchev–Trinajstić information content (AvgIpc) is 2.37. The first-order valence-electron chi connectivity index (χ1n) is 6.26. The van der Waals surface area contributed by atoms with Crippen LogP contribution in [0.5, 0.6) is 5.75 Å². The quantitative estimate of drug-likeness (QED) is 0.868. The molecule has 0 fully saturated rings. The van der Waals surface area contributed by atoms with Gasteiger partial charge in [-0.15, -0.1) is 0 Å². The Balaban J connectivity index is 2.74. The van der Waals surface area contributed by atoms with E-state index in [0.717, 1.165) is 29.5 Å². The van der Waals surface area contributed by atoms with Gasteiger partial charge in [0.25, 0.3) is 5.91 Å². The Bertz CT molecular complexity index is 407. The lowest BCUT2D eigenvalue weighted by atomic mass is 10.1. The Kier molecular flexibility index (Phi) is 6.19. The van der Waals surface area contributed by atoms with Crippen molar-refractivity contribution < 1.29 is 9.53 Å². The zero-order valence-electron chi connectivity index (χ0n) is 11.1. The summed E-state index contributed by atoms with van der Waals surface area (Å²) in [5.74, 6) is 0.700. The molecule has 0 saturated heterocycles. The monoisotopic (exact) mass is 313 g/mol. The summed E-state index contributed by atoms with van der Waals surface area (Å²) in [6.45, 7) is 4.21. The summed E-state index contributed by atoms with van der Waals surface area (Å²) in [5, 5.41) is 3.05. The molecule has 0 bridgehead atoms. The van der Waals surface area contributed by atoms with Crippen LogP contribution in [0.3, 0.4) is 0 Å². The zero-order valence-corrected chi connectivity index (χ0v) is 12.7. The number of carbonyl (C=O) groups excluding carboxylic acids is 1. The van der Waals surface area contributed by atoms with Crippen molar-refractivity contribution >= 4 is 21.8 Å². The Morgan fingerprint density at radius 2 is 2.17 bits per heavy atom. The molecular formula is C14H20BrNO2. The zero-order chi connectivity index (χ0) is 13.5. The molecule has 0 aromatic heterocycles. The van der Waals surface area contributed by atoms with E-state index in [2.05, 4.69) is 35.1 Å². The van der Waals surface area contributed by atoms with Gasteiger partial charge in [0.2, 0.25) is 0 Å². The van der Waals surface area contributed by atoms with Gasteiger partial charge in [0, 0.05) is 11.6 Å². The Morgan fingerprint density at radius 1 is 1.44 bits per heavy atom. The van der Waals surface area contributed by atoms with E-state index in [1.54, 1.807) is 25.3 Å². The first-order valence-corrected chi connectivity index (χ1v) is 7.06. The third kappa shape index (κ3) is 4.02. The van der Waals surface area contributed by atoms with Crippen LogP contribution >= 0.6 is 15.9 Å². The lowest BCUT2D eigenvalue weighted by Gasteiger charge is -2.16. The van der Waals surface area contributed by atoms with Crippen LogP contribution in [0.15, 0.2) is 22.7 Å². The fourth-order valence-corrected chi connectivity index (χ4v) is 2.34. The minimum atomic E-state index is -0.0290. The lowest BCUT2D eigenvalue weighted by molar-refractivity contribution is 0.0933. The standard InChI is InChI=1S/C14H20BrNO2/c1-4-6-11(5-2)16-14(17)10-7-8-13(18-3)12(15)9-10/h7-9,11H,4-6H2,1-3H3,(H,16,17). The van der Waals surface area contributed by atoms with Gasteiger partial charge in [0.15, 0.2) is 0 Å². The van der Waals surface area contributed by atoms with Gasteiger partial charge in [0.1, 0.15) is 5.75 Å². The van der Waals surface area contributed by atoms with E-state index in [1.165, 1.54) is 0 Å². The van der Waals surface area contributed by atoms with Crippen LogP contribution in [-0.4, -0.2) is 19.1 Å². The van der Waals surface area contributed by atoms with E-state index in [-0.39, 0.29) is 11.9 Å². The maximum Gasteiger partial charge on any atom is 0.251 e. The minimum Gasteiger partial charge on any atom is -0.496 e. The first-order chi connectivity index (χ1) is 8.62. The normalized spacial score (nSPS) is 12.0. The number of halogens is 1. The van der Waals surface area contributed by atoms with Crippen LogP contribution in [-0.2, 0) is 0 Å². The Morgan fingerprint density at radius 3 is 2.67 bits per heavy atom. The molecule has 1 aromatic rings. The molecule has 0 aliphatic rings. The molecule has 0 radical (unpaired) electrons. The lowest BCUT2D eigenvalue weighted by Crippen LogP contribution is -2.34. The van der Waals surface area contributed by atoms with Crippen molar-refractivity contribution in [1.82, 2.24) is 5.32 Å². The van der Waals surface area contributed by atoms with E-state index in [9.17, 15) is 4.79 Å². The van der Waals surface area contributed by atoms with Crippen molar-refractivity contribution in [3.05, 3.63) is 28.2 Å². The van der Waals surface area contributed by atoms with Crippen molar-refractivity contribution in [3.63, 3.8) is 0 Å². The summed E-state index contributed by atoms with van der Waals surface area (Å²) in [5.41, 5.74) is 0.650. The summed E-state index contributed by atoms with van der Waals surface area (Å²) in [7, 11) is 1.61. The summed E-state index contributed by atoms with van der Waals surface area (Å²) < 4.78 is 5.93. The SMILES string of the molecule is CCCC(CC)NC(=O)c1ccc(OC)c(Br)c1. The number of nitrogens with one attached hydrogen (secondary N) is 1. The minimum absolute atomic E-state index is 0.0290. The smallest absolute Gasteiger partial charge is 0.251 e. The van der Waals surface area contributed by atoms with Crippen LogP contribution in [0.25, 0.3) is 0 Å². The highest BCUT2D eigenvalue weighted by Crippen LogP contribution is 2.25. The number of carbonyl (C=O) groups is 1. The van der Waals surface area contributed by atoms with Gasteiger partial charge in [-0.3, -0.25) is 4.79 Å². The molecule has 18 heavy (non-hydrogen) atoms. The van der Waals surface area contributed by atoms with Gasteiger partial charge >= 0.3 is 0 Å². The number of methoxy groups -OCH3 is 1. The van der Waals surface area contributed by atoms with Gasteiger partial charge in [0.05, 0.1) is 11.6 Å². The second-order valence-corrected chi connectivity index (χ2v) is 5.07. The van der Waals surface area contributed by atoms with E-state index < -0.39 is 0 Å². The van der Waals surface area contributed by atoms with Gasteiger partial charge in [-0.25, -0.2) is 0 Å². The van der Waals surface area contributed by atoms with Crippen molar-refractivity contribution in [2.75, 3.05) is 7.11 Å². The molecule has 1 rings (SSSR count). The number of ether oxygens (including phenoxy) is 1. The highest BCUT2D eigenvalue weighted by atomic mass is 79.9. The average molecular weight is 314 g/mol. The van der Waals surface area contributed by atoms with Crippen LogP contribution in [0.1, 0.15) is 43.5 Å². The fraction of sp³-hybridized carbons (Fsp3) is 0.500. The predicted octanol–water partition coefficient (Wildman–Crippen LogP) is 3.77. The summed E-state index contributed by atoms with van der Waals surface area (Å²) in [6.07, 6.45) is 3.04. The molecule has 1 N–H and O–H groups in total. The first kappa shape index (κ1) is 15.0. The highest BCUT2D eigenvalue weighted by molar-refractivity contribution is 9.10. The molecule has 100 valence electrons. The molecule has 0 aliphatic carbocycles. The number of hydrogen-bond acceptors (Lipinski definition) is 2. The molecule has 1 atom stereocenters. The van der Waals surface area contributed by atoms with E-state index in [1.807, 2.05) is 0 Å². The van der Waals surface area contributed by atoms with Gasteiger partial charge < -0.3 is 10.1 Å². The van der Waals surface area contributed by atoms with Crippen molar-refractivity contribution in [3.8, 4) is 5.75 Å². The maximum atomic E-state index is 12.1. The van der Waals surface area contributed by atoms with Crippen LogP contribution in [0.4, 0.5) is 0 Å². The number of hydrogen-bond donors (Lipinski definition) is 1. The number of rotatable bonds is 6. The van der Waals surface area contributed by atoms with Crippen LogP contribution in [0, 0.1) is 0 Å². The molecule has 0 spiro atoms. The van der Waals surface area contributed by atoms with Gasteiger partial charge in [-0.2, -0.15) is 0 Å². The second kappa shape index (κ2) is 7.41. The predicted molar refractivity (Wildman–Crippen MR) is 77.1 cm³/mol. The van der Waals surface area contributed by atoms with Crippen molar-refractivity contribution in [2.45, 2.75) is 39.2 Å². The van der Waals surface area contributed by atoms with Gasteiger partial charge in [-0.1, -0.05) is 20.3 Å². The van der Waals surface area contributed by atoms with Crippen LogP contribution < -0.4 is 10.1 Å². The molecule has 0 saturated carbocycles. The maximum absolute atomic E-state index is 12.1. The van der Waals surface area contributed by atoms with Crippen molar-refractivity contribution in [2.24, 2.45) is 0 Å². The third-order valence-electron chi connectivity index (χ3n) is 2.88. The molecule has 3 nitrogen and oxygen atoms in total. The molecule has 1 unspecified atom stereocenters. The molecule has 1 amide bonds. The van der Waals surface area contributed by atoms with E-state index >= 15 is 0 Å². The molecule has 0 aliphatic heterocycles. The summed E-state index contributed by atoms with van der Waals surface area (Å²) >= 11 is 3.38. The van der Waals surface area contributed by atoms with E-state index in [4.69, 9.17) is 4.74 Å². The van der Waals surface area contributed by atoms with E-state index in [0.29, 0.717) is 5.56 Å². The summed E-state index contributed by atoms with van der Waals surface area (Å²) in [4.78, 5) is 12.1. The molecule has 4 heteroatoms. The van der Waals surface area contributed by atoms with Gasteiger partial charge in [-0.05, 0) is 47.0 Å². The Labute approximate surface area is 117 Å². The fourth-order valence-electron chi connectivity index (χ4n) is 1.80. The number of benzene rings is 1. The second-order valence-electron chi connectivity index (χ2n) is 4.22. The molecular weight excluding hydrogens is 294 g/mol. The number of amides is 1. The topological polar surface area (TPSA) is 38.3 Å². The summed E-state index contributed by atoms with van der Waals surface area (Å²) in [6, 6.07) is 5.60. The Hall–Kier alpha value is -1.03. The largest absolute Gasteiger partial charge is 0.496 e. The highest BCUT2D eigenvalue weighted by Gasteiger charge is 2.12. The van der Waals surface area contributed by atoms with Crippen LogP contribution in [0.2, 0.25) is 0 Å². The third-order valence-corrected chi connectivity index (χ3v) is 3.50. The van der Waals surface area contributed by atoms with Crippen molar-refractivity contribution in [1.29, 1.82) is 0 Å².